The summed E-state index contributed by atoms with van der Waals surface area (Å²) in [7, 11) is -3.25. The number of halogens is 2. The van der Waals surface area contributed by atoms with Crippen LogP contribution in [0.2, 0.25) is 0 Å². The van der Waals surface area contributed by atoms with E-state index in [9.17, 15) is 22.0 Å². The third kappa shape index (κ3) is 6.73. The van der Waals surface area contributed by atoms with Gasteiger partial charge in [0.2, 0.25) is 15.9 Å². The Kier molecular flexibility index (Phi) is 9.19. The predicted molar refractivity (Wildman–Crippen MR) is 151 cm³/mol. The number of carbonyl (C=O) groups excluding carboxylic acids is 1. The Morgan fingerprint density at radius 2 is 1.57 bits per heavy atom. The van der Waals surface area contributed by atoms with Crippen molar-refractivity contribution in [2.75, 3.05) is 18.8 Å². The number of benzene rings is 2. The summed E-state index contributed by atoms with van der Waals surface area (Å²) in [6, 6.07) is 10.9. The highest BCUT2D eigenvalue weighted by Gasteiger charge is 2.39. The largest absolute Gasteiger partial charge is 0.352 e. The van der Waals surface area contributed by atoms with Gasteiger partial charge in [0.05, 0.1) is 11.8 Å². The molecule has 0 aromatic heterocycles. The fourth-order valence-electron chi connectivity index (χ4n) is 6.77. The number of amides is 1. The molecule has 1 amide bonds. The van der Waals surface area contributed by atoms with Crippen LogP contribution >= 0.6 is 0 Å². The summed E-state index contributed by atoms with van der Waals surface area (Å²) in [5.74, 6) is -1.20. The van der Waals surface area contributed by atoms with E-state index in [1.807, 2.05) is 0 Å². The van der Waals surface area contributed by atoms with Crippen LogP contribution in [0.5, 0.6) is 0 Å². The van der Waals surface area contributed by atoms with Crippen LogP contribution in [0.4, 0.5) is 8.78 Å². The van der Waals surface area contributed by atoms with Gasteiger partial charge in [0, 0.05) is 37.1 Å². The number of hydrogen-bond acceptors (Lipinski definition) is 5. The maximum Gasteiger partial charge on any atom is 0.238 e. The quantitative estimate of drug-likeness (QED) is 0.447. The first-order valence-corrected chi connectivity index (χ1v) is 16.1. The third-order valence-corrected chi connectivity index (χ3v) is 11.0. The molecule has 40 heavy (non-hydrogen) atoms. The summed E-state index contributed by atoms with van der Waals surface area (Å²) in [5, 5.41) is 6.74. The smallest absolute Gasteiger partial charge is 0.238 e. The predicted octanol–water partition coefficient (Wildman–Crippen LogP) is 3.65. The van der Waals surface area contributed by atoms with Gasteiger partial charge in [-0.05, 0) is 79.8 Å². The minimum Gasteiger partial charge on any atom is -0.352 e. The molecule has 218 valence electrons. The number of nitrogens with one attached hydrogen (secondary N) is 2. The maximum absolute atomic E-state index is 13.7. The Hall–Kier alpha value is -2.40. The first-order chi connectivity index (χ1) is 19.2. The SMILES string of the molecule is NC(C(=O)NC1CCCCC1CCC1CNC2CCCS(=O)(=O)N1C2)C(c1ccc(F)cc1)c1ccc(F)cc1. The lowest BCUT2D eigenvalue weighted by atomic mass is 9.80. The van der Waals surface area contributed by atoms with Crippen LogP contribution in [0.25, 0.3) is 0 Å². The molecule has 3 aliphatic rings. The van der Waals surface area contributed by atoms with Crippen molar-refractivity contribution in [1.82, 2.24) is 14.9 Å². The number of hydrogen-bond donors (Lipinski definition) is 3. The van der Waals surface area contributed by atoms with Crippen molar-refractivity contribution < 1.29 is 22.0 Å². The Labute approximate surface area is 235 Å². The lowest BCUT2D eigenvalue weighted by Gasteiger charge is -2.39. The van der Waals surface area contributed by atoms with Gasteiger partial charge in [-0.15, -0.1) is 0 Å². The van der Waals surface area contributed by atoms with Crippen LogP contribution in [-0.2, 0) is 14.8 Å². The van der Waals surface area contributed by atoms with Gasteiger partial charge in [0.15, 0.2) is 0 Å². The molecule has 5 rings (SSSR count). The van der Waals surface area contributed by atoms with Crippen LogP contribution < -0.4 is 16.4 Å². The minimum absolute atomic E-state index is 0.0561. The average molecular weight is 575 g/mol. The molecule has 1 saturated carbocycles. The first kappa shape index (κ1) is 29.1. The van der Waals surface area contributed by atoms with E-state index in [0.29, 0.717) is 30.6 Å². The molecule has 10 heteroatoms. The molecule has 2 aliphatic heterocycles. The van der Waals surface area contributed by atoms with E-state index in [2.05, 4.69) is 10.6 Å². The second-order valence-electron chi connectivity index (χ2n) is 11.6. The molecule has 0 spiro atoms. The Bertz CT molecular complexity index is 1210. The molecule has 6 atom stereocenters. The van der Waals surface area contributed by atoms with Gasteiger partial charge in [-0.1, -0.05) is 37.1 Å². The molecule has 2 bridgehead atoms. The van der Waals surface area contributed by atoms with Gasteiger partial charge in [0.25, 0.3) is 0 Å². The zero-order valence-corrected chi connectivity index (χ0v) is 23.6. The van der Waals surface area contributed by atoms with E-state index in [4.69, 9.17) is 5.73 Å². The molecule has 2 saturated heterocycles. The number of carbonyl (C=O) groups is 1. The molecule has 1 aliphatic carbocycles. The number of fused-ring (bicyclic) bond motifs is 2. The third-order valence-electron chi connectivity index (χ3n) is 8.99. The maximum atomic E-state index is 13.7. The van der Waals surface area contributed by atoms with Gasteiger partial charge in [-0.3, -0.25) is 4.79 Å². The van der Waals surface area contributed by atoms with Crippen molar-refractivity contribution in [3.63, 3.8) is 0 Å². The molecular formula is C30H40F2N4O3S. The summed E-state index contributed by atoms with van der Waals surface area (Å²) in [5.41, 5.74) is 7.93. The van der Waals surface area contributed by atoms with Crippen molar-refractivity contribution in [3.05, 3.63) is 71.3 Å². The van der Waals surface area contributed by atoms with Crippen molar-refractivity contribution in [3.8, 4) is 0 Å². The topological polar surface area (TPSA) is 105 Å². The monoisotopic (exact) mass is 574 g/mol. The van der Waals surface area contributed by atoms with Crippen molar-refractivity contribution in [2.45, 2.75) is 81.5 Å². The van der Waals surface area contributed by atoms with Gasteiger partial charge in [-0.25, -0.2) is 17.2 Å². The first-order valence-electron chi connectivity index (χ1n) is 14.5. The molecule has 2 aromatic rings. The minimum atomic E-state index is -3.25. The molecule has 7 nitrogen and oxygen atoms in total. The number of nitrogens with zero attached hydrogens (tertiary/aromatic N) is 1. The summed E-state index contributed by atoms with van der Waals surface area (Å²) >= 11 is 0. The molecule has 4 N–H and O–H groups in total. The van der Waals surface area contributed by atoms with Crippen molar-refractivity contribution in [1.29, 1.82) is 0 Å². The van der Waals surface area contributed by atoms with Crippen LogP contribution in [-0.4, -0.2) is 61.6 Å². The second-order valence-corrected chi connectivity index (χ2v) is 13.7. The van der Waals surface area contributed by atoms with Crippen molar-refractivity contribution >= 4 is 15.9 Å². The number of nitrogens with two attached hydrogens (primary N) is 1. The number of piperazine rings is 1. The number of rotatable bonds is 8. The van der Waals surface area contributed by atoms with E-state index in [0.717, 1.165) is 44.9 Å². The Morgan fingerprint density at radius 3 is 2.23 bits per heavy atom. The lowest BCUT2D eigenvalue weighted by Crippen LogP contribution is -2.57. The van der Waals surface area contributed by atoms with E-state index in [1.165, 1.54) is 24.3 Å². The number of sulfonamides is 1. The molecule has 2 heterocycles. The fourth-order valence-corrected chi connectivity index (χ4v) is 8.58. The zero-order valence-electron chi connectivity index (χ0n) is 22.8. The van der Waals surface area contributed by atoms with Gasteiger partial charge in [0.1, 0.15) is 11.6 Å². The highest BCUT2D eigenvalue weighted by Crippen LogP contribution is 2.32. The lowest BCUT2D eigenvalue weighted by molar-refractivity contribution is -0.124. The highest BCUT2D eigenvalue weighted by molar-refractivity contribution is 7.89. The molecule has 3 fully saturated rings. The van der Waals surface area contributed by atoms with Crippen LogP contribution in [0, 0.1) is 17.6 Å². The summed E-state index contributed by atoms with van der Waals surface area (Å²) < 4.78 is 54.8. The summed E-state index contributed by atoms with van der Waals surface area (Å²) in [6.45, 7) is 1.20. The molecular weight excluding hydrogens is 534 g/mol. The molecule has 6 unspecified atom stereocenters. The normalized spacial score (nSPS) is 28.9. The van der Waals surface area contributed by atoms with E-state index >= 15 is 0 Å². The van der Waals surface area contributed by atoms with E-state index in [1.54, 1.807) is 28.6 Å². The van der Waals surface area contributed by atoms with E-state index in [-0.39, 0.29) is 47.3 Å². The van der Waals surface area contributed by atoms with Gasteiger partial charge < -0.3 is 16.4 Å². The zero-order chi connectivity index (χ0) is 28.3. The van der Waals surface area contributed by atoms with Crippen LogP contribution in [0.15, 0.2) is 48.5 Å². The second kappa shape index (κ2) is 12.6. The van der Waals surface area contributed by atoms with E-state index < -0.39 is 22.0 Å². The van der Waals surface area contributed by atoms with Gasteiger partial charge in [-0.2, -0.15) is 4.31 Å². The highest BCUT2D eigenvalue weighted by atomic mass is 32.2. The Balaban J connectivity index is 1.27. The van der Waals surface area contributed by atoms with Crippen molar-refractivity contribution in [2.24, 2.45) is 11.7 Å². The fraction of sp³-hybridized carbons (Fsp3) is 0.567. The van der Waals surface area contributed by atoms with Crippen LogP contribution in [0.1, 0.15) is 68.4 Å². The summed E-state index contributed by atoms with van der Waals surface area (Å²) in [4.78, 5) is 13.6. The standard InChI is InChI=1S/C30H40F2N4O3S/c31-23-12-7-21(8-13-23)28(22-9-14-24(32)15-10-22)29(33)30(37)35-27-6-2-1-4-20(27)11-16-26-18-34-25-5-3-17-40(38,39)36(26)19-25/h7-10,12-15,20,25-29,34H,1-6,11,16-19,33H2,(H,35,37). The average Bonchev–Trinajstić information content (AvgIpc) is 3.06. The van der Waals surface area contributed by atoms with Crippen LogP contribution in [0.3, 0.4) is 0 Å². The Morgan fingerprint density at radius 1 is 0.950 bits per heavy atom. The van der Waals surface area contributed by atoms with Gasteiger partial charge >= 0.3 is 0 Å². The molecule has 2 aromatic carbocycles. The summed E-state index contributed by atoms with van der Waals surface area (Å²) in [6.07, 6.45) is 7.03. The molecule has 0 radical (unpaired) electrons.